The first-order chi connectivity index (χ1) is 9.43. The van der Waals surface area contributed by atoms with Gasteiger partial charge in [0.2, 0.25) is 0 Å². The SMILES string of the molecule is CCC(c1ccccc1)N1CC(C(C)(C)C)NCC1C. The van der Waals surface area contributed by atoms with Gasteiger partial charge in [-0.15, -0.1) is 0 Å². The minimum Gasteiger partial charge on any atom is -0.311 e. The van der Waals surface area contributed by atoms with E-state index in [1.54, 1.807) is 0 Å². The summed E-state index contributed by atoms with van der Waals surface area (Å²) in [7, 11) is 0. The van der Waals surface area contributed by atoms with Gasteiger partial charge in [-0.1, -0.05) is 58.0 Å². The van der Waals surface area contributed by atoms with E-state index in [4.69, 9.17) is 0 Å². The molecule has 0 bridgehead atoms. The van der Waals surface area contributed by atoms with E-state index >= 15 is 0 Å². The Kier molecular flexibility index (Phi) is 4.87. The van der Waals surface area contributed by atoms with E-state index in [2.05, 4.69) is 75.2 Å². The quantitative estimate of drug-likeness (QED) is 0.900. The molecule has 20 heavy (non-hydrogen) atoms. The number of rotatable bonds is 3. The summed E-state index contributed by atoms with van der Waals surface area (Å²) in [5.74, 6) is 0. The van der Waals surface area contributed by atoms with Gasteiger partial charge in [-0.3, -0.25) is 4.90 Å². The van der Waals surface area contributed by atoms with Crippen LogP contribution in [-0.4, -0.2) is 30.1 Å². The van der Waals surface area contributed by atoms with Crippen LogP contribution in [0, 0.1) is 5.41 Å². The Morgan fingerprint density at radius 1 is 1.25 bits per heavy atom. The lowest BCUT2D eigenvalue weighted by molar-refractivity contribution is 0.0547. The second-order valence-electron chi connectivity index (χ2n) is 7.21. The van der Waals surface area contributed by atoms with E-state index in [0.717, 1.165) is 13.1 Å². The number of benzene rings is 1. The maximum absolute atomic E-state index is 3.73. The predicted molar refractivity (Wildman–Crippen MR) is 86.9 cm³/mol. The van der Waals surface area contributed by atoms with Crippen LogP contribution in [0.2, 0.25) is 0 Å². The number of hydrogen-bond donors (Lipinski definition) is 1. The van der Waals surface area contributed by atoms with Crippen molar-refractivity contribution in [3.8, 4) is 0 Å². The van der Waals surface area contributed by atoms with Crippen molar-refractivity contribution in [1.82, 2.24) is 10.2 Å². The monoisotopic (exact) mass is 274 g/mol. The summed E-state index contributed by atoms with van der Waals surface area (Å²) in [5, 5.41) is 3.73. The standard InChI is InChI=1S/C18H30N2/c1-6-16(15-10-8-7-9-11-15)20-13-17(18(3,4)5)19-12-14(20)2/h7-11,14,16-17,19H,6,12-13H2,1-5H3. The van der Waals surface area contributed by atoms with Crippen LogP contribution in [0.5, 0.6) is 0 Å². The zero-order chi connectivity index (χ0) is 14.8. The molecule has 112 valence electrons. The van der Waals surface area contributed by atoms with Crippen LogP contribution in [0.3, 0.4) is 0 Å². The third-order valence-corrected chi connectivity index (χ3v) is 4.64. The Morgan fingerprint density at radius 3 is 2.45 bits per heavy atom. The molecule has 1 aliphatic rings. The molecule has 1 fully saturated rings. The third kappa shape index (κ3) is 3.42. The lowest BCUT2D eigenvalue weighted by Gasteiger charge is -2.47. The summed E-state index contributed by atoms with van der Waals surface area (Å²) in [5.41, 5.74) is 1.77. The normalized spacial score (nSPS) is 26.4. The van der Waals surface area contributed by atoms with Gasteiger partial charge >= 0.3 is 0 Å². The predicted octanol–water partition coefficient (Wildman–Crippen LogP) is 3.85. The molecule has 2 nitrogen and oxygen atoms in total. The fourth-order valence-electron chi connectivity index (χ4n) is 3.24. The van der Waals surface area contributed by atoms with Gasteiger partial charge in [0.1, 0.15) is 0 Å². The highest BCUT2D eigenvalue weighted by Gasteiger charge is 2.35. The van der Waals surface area contributed by atoms with E-state index in [1.165, 1.54) is 12.0 Å². The van der Waals surface area contributed by atoms with Crippen molar-refractivity contribution in [1.29, 1.82) is 0 Å². The van der Waals surface area contributed by atoms with E-state index in [1.807, 2.05) is 0 Å². The van der Waals surface area contributed by atoms with Crippen LogP contribution in [0.4, 0.5) is 0 Å². The van der Waals surface area contributed by atoms with E-state index in [0.29, 0.717) is 23.5 Å². The molecule has 1 saturated heterocycles. The minimum absolute atomic E-state index is 0.313. The Labute approximate surface area is 124 Å². The first-order valence-electron chi connectivity index (χ1n) is 7.97. The van der Waals surface area contributed by atoms with Crippen molar-refractivity contribution in [2.75, 3.05) is 13.1 Å². The molecule has 1 aromatic rings. The first-order valence-corrected chi connectivity index (χ1v) is 7.97. The summed E-state index contributed by atoms with van der Waals surface area (Å²) in [6.45, 7) is 13.9. The van der Waals surface area contributed by atoms with Crippen molar-refractivity contribution >= 4 is 0 Å². The summed E-state index contributed by atoms with van der Waals surface area (Å²) in [4.78, 5) is 2.70. The summed E-state index contributed by atoms with van der Waals surface area (Å²) in [6.07, 6.45) is 1.17. The number of nitrogens with one attached hydrogen (secondary N) is 1. The van der Waals surface area contributed by atoms with E-state index in [-0.39, 0.29) is 0 Å². The van der Waals surface area contributed by atoms with Crippen LogP contribution in [0.15, 0.2) is 30.3 Å². The number of piperazine rings is 1. The molecular formula is C18H30N2. The molecule has 0 aliphatic carbocycles. The topological polar surface area (TPSA) is 15.3 Å². The average Bonchev–Trinajstić information content (AvgIpc) is 2.41. The molecule has 3 unspecified atom stereocenters. The highest BCUT2D eigenvalue weighted by Crippen LogP contribution is 2.31. The fourth-order valence-corrected chi connectivity index (χ4v) is 3.24. The number of hydrogen-bond acceptors (Lipinski definition) is 2. The zero-order valence-electron chi connectivity index (χ0n) is 13.7. The van der Waals surface area contributed by atoms with Crippen LogP contribution in [-0.2, 0) is 0 Å². The maximum Gasteiger partial charge on any atom is 0.0349 e. The number of nitrogens with zero attached hydrogens (tertiary/aromatic N) is 1. The highest BCUT2D eigenvalue weighted by atomic mass is 15.3. The van der Waals surface area contributed by atoms with E-state index in [9.17, 15) is 0 Å². The van der Waals surface area contributed by atoms with Crippen LogP contribution in [0.25, 0.3) is 0 Å². The van der Waals surface area contributed by atoms with Crippen LogP contribution >= 0.6 is 0 Å². The molecule has 1 N–H and O–H groups in total. The third-order valence-electron chi connectivity index (χ3n) is 4.64. The first kappa shape index (κ1) is 15.5. The zero-order valence-corrected chi connectivity index (χ0v) is 13.7. The molecule has 2 heteroatoms. The highest BCUT2D eigenvalue weighted by molar-refractivity contribution is 5.19. The lowest BCUT2D eigenvalue weighted by atomic mass is 9.84. The summed E-state index contributed by atoms with van der Waals surface area (Å²) in [6, 6.07) is 12.7. The van der Waals surface area contributed by atoms with Crippen LogP contribution < -0.4 is 5.32 Å². The summed E-state index contributed by atoms with van der Waals surface area (Å²) >= 11 is 0. The Balaban J connectivity index is 2.19. The molecule has 0 saturated carbocycles. The molecule has 1 aromatic carbocycles. The summed E-state index contributed by atoms with van der Waals surface area (Å²) < 4.78 is 0. The Hall–Kier alpha value is -0.860. The van der Waals surface area contributed by atoms with Crippen molar-refractivity contribution in [3.63, 3.8) is 0 Å². The second kappa shape index (κ2) is 6.28. The molecule has 0 aromatic heterocycles. The Bertz CT molecular complexity index is 407. The van der Waals surface area contributed by atoms with Gasteiger partial charge in [-0.2, -0.15) is 0 Å². The van der Waals surface area contributed by atoms with Crippen molar-refractivity contribution in [2.24, 2.45) is 5.41 Å². The molecule has 0 spiro atoms. The molecule has 1 aliphatic heterocycles. The van der Waals surface area contributed by atoms with Gasteiger partial charge < -0.3 is 5.32 Å². The van der Waals surface area contributed by atoms with Gasteiger partial charge in [0.05, 0.1) is 0 Å². The fraction of sp³-hybridized carbons (Fsp3) is 0.667. The van der Waals surface area contributed by atoms with Gasteiger partial charge in [-0.05, 0) is 24.3 Å². The molecule has 0 radical (unpaired) electrons. The van der Waals surface area contributed by atoms with Crippen LogP contribution in [0.1, 0.15) is 52.6 Å². The van der Waals surface area contributed by atoms with Crippen molar-refractivity contribution in [3.05, 3.63) is 35.9 Å². The Morgan fingerprint density at radius 2 is 1.90 bits per heavy atom. The molecule has 2 rings (SSSR count). The second-order valence-corrected chi connectivity index (χ2v) is 7.21. The maximum atomic E-state index is 3.73. The molecule has 3 atom stereocenters. The molecule has 0 amide bonds. The minimum atomic E-state index is 0.313. The van der Waals surface area contributed by atoms with Gasteiger partial charge in [-0.25, -0.2) is 0 Å². The van der Waals surface area contributed by atoms with Gasteiger partial charge in [0.15, 0.2) is 0 Å². The lowest BCUT2D eigenvalue weighted by Crippen LogP contribution is -2.60. The van der Waals surface area contributed by atoms with Crippen molar-refractivity contribution in [2.45, 2.75) is 59.2 Å². The average molecular weight is 274 g/mol. The van der Waals surface area contributed by atoms with Crippen molar-refractivity contribution < 1.29 is 0 Å². The largest absolute Gasteiger partial charge is 0.311 e. The smallest absolute Gasteiger partial charge is 0.0349 e. The van der Waals surface area contributed by atoms with E-state index < -0.39 is 0 Å². The molecule has 1 heterocycles. The molecular weight excluding hydrogens is 244 g/mol. The van der Waals surface area contributed by atoms with Gasteiger partial charge in [0.25, 0.3) is 0 Å². The van der Waals surface area contributed by atoms with Gasteiger partial charge in [0, 0.05) is 31.2 Å².